The van der Waals surface area contributed by atoms with Crippen molar-refractivity contribution in [2.75, 3.05) is 13.1 Å². The SMILES string of the molecule is Cc1nc2cnc3cc(F)c(-c4ccc(Oc5ncccn5)cc4Cl)cc3c2n1C1CCN(C(=O)C(C)C)CC1. The van der Waals surface area contributed by atoms with E-state index in [1.807, 2.05) is 25.7 Å². The van der Waals surface area contributed by atoms with Gasteiger partial charge in [-0.25, -0.2) is 19.3 Å². The molecule has 0 aliphatic carbocycles. The molecule has 0 saturated carbocycles. The summed E-state index contributed by atoms with van der Waals surface area (Å²) < 4.78 is 23.4. The van der Waals surface area contributed by atoms with Gasteiger partial charge in [0.1, 0.15) is 22.9 Å². The molecule has 204 valence electrons. The first-order valence-electron chi connectivity index (χ1n) is 13.3. The normalized spacial score (nSPS) is 14.4. The summed E-state index contributed by atoms with van der Waals surface area (Å²) in [7, 11) is 0. The van der Waals surface area contributed by atoms with E-state index in [1.54, 1.807) is 48.9 Å². The Morgan fingerprint density at radius 3 is 2.50 bits per heavy atom. The van der Waals surface area contributed by atoms with Crippen LogP contribution < -0.4 is 4.74 Å². The summed E-state index contributed by atoms with van der Waals surface area (Å²) in [5, 5.41) is 1.13. The summed E-state index contributed by atoms with van der Waals surface area (Å²) in [6, 6.07) is 10.4. The van der Waals surface area contributed by atoms with Gasteiger partial charge in [-0.2, -0.15) is 0 Å². The number of carbonyl (C=O) groups excluding carboxylic acids is 1. The van der Waals surface area contributed by atoms with Gasteiger partial charge in [0.15, 0.2) is 0 Å². The molecular formula is C30H28ClFN6O2. The largest absolute Gasteiger partial charge is 0.424 e. The lowest BCUT2D eigenvalue weighted by Gasteiger charge is -2.34. The Morgan fingerprint density at radius 1 is 1.05 bits per heavy atom. The van der Waals surface area contributed by atoms with Crippen molar-refractivity contribution in [2.24, 2.45) is 5.92 Å². The number of hydrogen-bond donors (Lipinski definition) is 0. The van der Waals surface area contributed by atoms with Gasteiger partial charge in [0.2, 0.25) is 5.91 Å². The Morgan fingerprint density at radius 2 is 1.80 bits per heavy atom. The van der Waals surface area contributed by atoms with Crippen molar-refractivity contribution < 1.29 is 13.9 Å². The van der Waals surface area contributed by atoms with Gasteiger partial charge in [-0.15, -0.1) is 0 Å². The lowest BCUT2D eigenvalue weighted by Crippen LogP contribution is -2.41. The molecule has 8 nitrogen and oxygen atoms in total. The summed E-state index contributed by atoms with van der Waals surface area (Å²) in [5.74, 6) is 1.05. The highest BCUT2D eigenvalue weighted by Crippen LogP contribution is 2.38. The number of piperidine rings is 1. The quantitative estimate of drug-likeness (QED) is 0.237. The van der Waals surface area contributed by atoms with E-state index in [0.29, 0.717) is 40.5 Å². The summed E-state index contributed by atoms with van der Waals surface area (Å²) in [4.78, 5) is 31.9. The van der Waals surface area contributed by atoms with E-state index in [4.69, 9.17) is 21.3 Å². The fourth-order valence-electron chi connectivity index (χ4n) is 5.50. The molecule has 0 radical (unpaired) electrons. The van der Waals surface area contributed by atoms with Gasteiger partial charge in [-0.05, 0) is 44.0 Å². The second-order valence-corrected chi connectivity index (χ2v) is 10.8. The van der Waals surface area contributed by atoms with Crippen LogP contribution in [0, 0.1) is 18.7 Å². The molecule has 1 fully saturated rings. The smallest absolute Gasteiger partial charge is 0.321 e. The minimum absolute atomic E-state index is 0.0187. The van der Waals surface area contributed by atoms with Crippen LogP contribution in [0.1, 0.15) is 38.6 Å². The zero-order valence-electron chi connectivity index (χ0n) is 22.4. The van der Waals surface area contributed by atoms with Crippen LogP contribution >= 0.6 is 11.6 Å². The van der Waals surface area contributed by atoms with Crippen LogP contribution in [0.5, 0.6) is 11.8 Å². The zero-order chi connectivity index (χ0) is 28.0. The molecule has 6 rings (SSSR count). The molecule has 3 aromatic heterocycles. The van der Waals surface area contributed by atoms with E-state index in [0.717, 1.165) is 35.1 Å². The first kappa shape index (κ1) is 26.1. The number of imidazole rings is 1. The van der Waals surface area contributed by atoms with Crippen LogP contribution in [0.4, 0.5) is 4.39 Å². The molecule has 0 bridgehead atoms. The number of rotatable bonds is 5. The minimum atomic E-state index is -0.426. The maximum Gasteiger partial charge on any atom is 0.321 e. The number of ether oxygens (including phenoxy) is 1. The highest BCUT2D eigenvalue weighted by molar-refractivity contribution is 6.33. The second kappa shape index (κ2) is 10.5. The van der Waals surface area contributed by atoms with Crippen molar-refractivity contribution in [3.63, 3.8) is 0 Å². The Bertz CT molecular complexity index is 1730. The predicted molar refractivity (Wildman–Crippen MR) is 152 cm³/mol. The number of nitrogens with zero attached hydrogens (tertiary/aromatic N) is 6. The van der Waals surface area contributed by atoms with Crippen molar-refractivity contribution >= 4 is 39.4 Å². The molecule has 0 spiro atoms. The van der Waals surface area contributed by atoms with Crippen molar-refractivity contribution in [1.29, 1.82) is 0 Å². The molecule has 4 heterocycles. The first-order valence-corrected chi connectivity index (χ1v) is 13.7. The summed E-state index contributed by atoms with van der Waals surface area (Å²) in [5.41, 5.74) is 3.09. The van der Waals surface area contributed by atoms with Crippen molar-refractivity contribution in [3.8, 4) is 22.9 Å². The molecule has 10 heteroatoms. The standard InChI is InChI=1S/C30H28ClFN6O2/c1-17(2)29(39)37-11-7-19(8-12-37)38-18(3)36-27-16-35-26-15-25(32)22(14-23(26)28(27)38)21-6-5-20(13-24(21)31)40-30-33-9-4-10-34-30/h4-6,9-10,13-17,19H,7-8,11-12H2,1-3H3. The lowest BCUT2D eigenvalue weighted by atomic mass is 10.00. The second-order valence-electron chi connectivity index (χ2n) is 10.4. The Labute approximate surface area is 235 Å². The van der Waals surface area contributed by atoms with E-state index in [1.165, 1.54) is 6.07 Å². The number of hydrogen-bond acceptors (Lipinski definition) is 6. The van der Waals surface area contributed by atoms with Crippen LogP contribution in [-0.4, -0.2) is 48.4 Å². The fourth-order valence-corrected chi connectivity index (χ4v) is 5.77. The summed E-state index contributed by atoms with van der Waals surface area (Å²) in [6.45, 7) is 7.24. The molecule has 2 aromatic carbocycles. The van der Waals surface area contributed by atoms with Gasteiger partial charge in [0.05, 0.1) is 22.3 Å². The first-order chi connectivity index (χ1) is 19.3. The maximum absolute atomic E-state index is 15.5. The van der Waals surface area contributed by atoms with Gasteiger partial charge in [-0.1, -0.05) is 25.4 Å². The highest BCUT2D eigenvalue weighted by Gasteiger charge is 2.28. The Hall–Kier alpha value is -4.11. The van der Waals surface area contributed by atoms with E-state index < -0.39 is 5.82 Å². The number of aromatic nitrogens is 5. The van der Waals surface area contributed by atoms with Gasteiger partial charge >= 0.3 is 6.01 Å². The number of fused-ring (bicyclic) bond motifs is 3. The molecule has 1 aliphatic heterocycles. The summed E-state index contributed by atoms with van der Waals surface area (Å²) in [6.07, 6.45) is 6.50. The number of amides is 1. The van der Waals surface area contributed by atoms with Crippen molar-refractivity contribution in [3.05, 3.63) is 71.7 Å². The third-order valence-electron chi connectivity index (χ3n) is 7.40. The number of halogens is 2. The van der Waals surface area contributed by atoms with Crippen molar-refractivity contribution in [1.82, 2.24) is 29.4 Å². The van der Waals surface area contributed by atoms with Crippen LogP contribution in [0.2, 0.25) is 5.02 Å². The molecule has 1 aliphatic rings. The monoisotopic (exact) mass is 558 g/mol. The van der Waals surface area contributed by atoms with Gasteiger partial charge < -0.3 is 14.2 Å². The van der Waals surface area contributed by atoms with E-state index in [2.05, 4.69) is 19.5 Å². The molecule has 1 saturated heterocycles. The third kappa shape index (κ3) is 4.75. The predicted octanol–water partition coefficient (Wildman–Crippen LogP) is 6.75. The van der Waals surface area contributed by atoms with Crippen LogP contribution in [0.25, 0.3) is 33.1 Å². The molecule has 0 unspecified atom stereocenters. The van der Waals surface area contributed by atoms with Gasteiger partial charge in [0, 0.05) is 66.1 Å². The fraction of sp³-hybridized carbons (Fsp3) is 0.300. The summed E-state index contributed by atoms with van der Waals surface area (Å²) >= 11 is 6.64. The maximum atomic E-state index is 15.5. The van der Waals surface area contributed by atoms with Gasteiger partial charge in [0.25, 0.3) is 0 Å². The third-order valence-corrected chi connectivity index (χ3v) is 7.71. The van der Waals surface area contributed by atoms with Crippen LogP contribution in [0.15, 0.2) is 55.0 Å². The number of benzene rings is 2. The number of aryl methyl sites for hydroxylation is 1. The minimum Gasteiger partial charge on any atom is -0.424 e. The molecule has 0 N–H and O–H groups in total. The van der Waals surface area contributed by atoms with E-state index in [9.17, 15) is 4.79 Å². The number of carbonyl (C=O) groups is 1. The average molecular weight is 559 g/mol. The molecule has 0 atom stereocenters. The number of pyridine rings is 1. The van der Waals surface area contributed by atoms with E-state index >= 15 is 4.39 Å². The highest BCUT2D eigenvalue weighted by atomic mass is 35.5. The number of likely N-dealkylation sites (tertiary alicyclic amines) is 1. The van der Waals surface area contributed by atoms with Gasteiger partial charge in [-0.3, -0.25) is 9.78 Å². The van der Waals surface area contributed by atoms with Crippen LogP contribution in [0.3, 0.4) is 0 Å². The zero-order valence-corrected chi connectivity index (χ0v) is 23.2. The van der Waals surface area contributed by atoms with Crippen molar-refractivity contribution in [2.45, 2.75) is 39.7 Å². The Kier molecular flexibility index (Phi) is 6.83. The molecular weight excluding hydrogens is 531 g/mol. The van der Waals surface area contributed by atoms with E-state index in [-0.39, 0.29) is 23.9 Å². The Balaban J connectivity index is 1.39. The lowest BCUT2D eigenvalue weighted by molar-refractivity contribution is -0.135. The molecule has 40 heavy (non-hydrogen) atoms. The average Bonchev–Trinajstić information content (AvgIpc) is 3.29. The van der Waals surface area contributed by atoms with Crippen LogP contribution in [-0.2, 0) is 4.79 Å². The topological polar surface area (TPSA) is 86.0 Å². The molecule has 1 amide bonds. The molecule has 5 aromatic rings.